The van der Waals surface area contributed by atoms with E-state index in [9.17, 15) is 9.00 Å². The normalized spacial score (nSPS) is 22.7. The molecule has 1 aromatic carbocycles. The monoisotopic (exact) mass is 322 g/mol. The summed E-state index contributed by atoms with van der Waals surface area (Å²) in [6, 6.07) is 6.40. The largest absolute Gasteiger partial charge is 0.338 e. The van der Waals surface area contributed by atoms with Crippen molar-refractivity contribution in [3.63, 3.8) is 0 Å². The summed E-state index contributed by atoms with van der Waals surface area (Å²) in [5, 5.41) is 6.07. The maximum Gasteiger partial charge on any atom is 0.315 e. The van der Waals surface area contributed by atoms with Gasteiger partial charge in [0.1, 0.15) is 0 Å². The quantitative estimate of drug-likeness (QED) is 0.875. The van der Waals surface area contributed by atoms with Gasteiger partial charge >= 0.3 is 6.03 Å². The van der Waals surface area contributed by atoms with Gasteiger partial charge in [0.05, 0.1) is 6.04 Å². The molecule has 122 valence electrons. The van der Waals surface area contributed by atoms with E-state index in [0.717, 1.165) is 12.8 Å². The van der Waals surface area contributed by atoms with E-state index in [4.69, 9.17) is 0 Å². The summed E-state index contributed by atoms with van der Waals surface area (Å²) in [5.41, 5.74) is 3.79. The van der Waals surface area contributed by atoms with E-state index in [1.807, 2.05) is 6.92 Å². The van der Waals surface area contributed by atoms with Crippen molar-refractivity contribution in [2.24, 2.45) is 5.92 Å². The van der Waals surface area contributed by atoms with Crippen LogP contribution in [0.4, 0.5) is 4.79 Å². The number of benzene rings is 1. The molecule has 0 spiro atoms. The zero-order valence-corrected chi connectivity index (χ0v) is 14.6. The van der Waals surface area contributed by atoms with Crippen molar-refractivity contribution >= 4 is 16.8 Å². The molecule has 1 aliphatic carbocycles. The third-order valence-corrected chi connectivity index (χ3v) is 5.81. The Morgan fingerprint density at radius 1 is 1.45 bits per heavy atom. The van der Waals surface area contributed by atoms with Crippen molar-refractivity contribution in [2.75, 3.05) is 12.8 Å². The van der Waals surface area contributed by atoms with Gasteiger partial charge in [-0.2, -0.15) is 0 Å². The number of nitrogens with one attached hydrogen (secondary N) is 2. The molecule has 1 aromatic rings. The number of urea groups is 1. The number of hydrogen-bond donors (Lipinski definition) is 2. The van der Waals surface area contributed by atoms with Crippen molar-refractivity contribution < 1.29 is 9.00 Å². The van der Waals surface area contributed by atoms with Crippen LogP contribution < -0.4 is 10.6 Å². The van der Waals surface area contributed by atoms with Crippen LogP contribution in [0.5, 0.6) is 0 Å². The molecule has 22 heavy (non-hydrogen) atoms. The van der Waals surface area contributed by atoms with Crippen LogP contribution in [0.1, 0.15) is 43.0 Å². The summed E-state index contributed by atoms with van der Waals surface area (Å²) in [6.45, 7) is 6.73. The van der Waals surface area contributed by atoms with Crippen molar-refractivity contribution in [2.45, 2.75) is 44.9 Å². The Morgan fingerprint density at radius 2 is 2.18 bits per heavy atom. The summed E-state index contributed by atoms with van der Waals surface area (Å²) in [5.74, 6) is 0.407. The summed E-state index contributed by atoms with van der Waals surface area (Å²) >= 11 is 0. The molecule has 0 fully saturated rings. The molecule has 4 nitrogen and oxygen atoms in total. The van der Waals surface area contributed by atoms with Crippen LogP contribution >= 0.6 is 0 Å². The molecule has 2 rings (SSSR count). The van der Waals surface area contributed by atoms with E-state index in [2.05, 4.69) is 42.7 Å². The van der Waals surface area contributed by atoms with Crippen LogP contribution in [0.15, 0.2) is 18.2 Å². The number of amides is 2. The second-order valence-electron chi connectivity index (χ2n) is 6.36. The number of carbonyl (C=O) groups is 1. The van der Waals surface area contributed by atoms with Gasteiger partial charge in [-0.25, -0.2) is 4.79 Å². The second kappa shape index (κ2) is 7.27. The average Bonchev–Trinajstić information content (AvgIpc) is 2.74. The Hall–Kier alpha value is -1.36. The Labute approximate surface area is 135 Å². The van der Waals surface area contributed by atoms with Crippen molar-refractivity contribution in [3.8, 4) is 0 Å². The van der Waals surface area contributed by atoms with E-state index >= 15 is 0 Å². The van der Waals surface area contributed by atoms with Crippen LogP contribution in [-0.4, -0.2) is 28.3 Å². The van der Waals surface area contributed by atoms with Crippen molar-refractivity contribution in [1.82, 2.24) is 10.6 Å². The van der Waals surface area contributed by atoms with E-state index in [1.54, 1.807) is 6.26 Å². The molecule has 2 N–H and O–H groups in total. The highest BCUT2D eigenvalue weighted by atomic mass is 32.2. The summed E-state index contributed by atoms with van der Waals surface area (Å²) in [4.78, 5) is 12.1. The standard InChI is InChI=1S/C17H26N2O2S/c1-11-5-6-14-10-12(2)16(15(14)9-11)19-17(20)18-8-7-13(3)22(4)21/h5-6,9,12-13,16H,7-8,10H2,1-4H3,(H2,18,19,20)/t12-,13+,16-,22+/m1/s1. The van der Waals surface area contributed by atoms with Crippen LogP contribution in [0.25, 0.3) is 0 Å². The first-order valence-electron chi connectivity index (χ1n) is 7.84. The number of aryl methyl sites for hydroxylation is 1. The fourth-order valence-corrected chi connectivity index (χ4v) is 3.38. The lowest BCUT2D eigenvalue weighted by molar-refractivity contribution is 0.233. The van der Waals surface area contributed by atoms with E-state index in [-0.39, 0.29) is 17.3 Å². The molecule has 0 aliphatic heterocycles. The van der Waals surface area contributed by atoms with Gasteiger partial charge in [-0.05, 0) is 36.8 Å². The second-order valence-corrected chi connectivity index (χ2v) is 8.16. The van der Waals surface area contributed by atoms with Gasteiger partial charge in [0, 0.05) is 28.9 Å². The average molecular weight is 322 g/mol. The van der Waals surface area contributed by atoms with Crippen LogP contribution in [0.3, 0.4) is 0 Å². The maximum atomic E-state index is 12.1. The number of fused-ring (bicyclic) bond motifs is 1. The third-order valence-electron chi connectivity index (χ3n) is 4.44. The van der Waals surface area contributed by atoms with Crippen LogP contribution in [-0.2, 0) is 17.2 Å². The van der Waals surface area contributed by atoms with Gasteiger partial charge in [-0.3, -0.25) is 4.21 Å². The summed E-state index contributed by atoms with van der Waals surface area (Å²) in [6.07, 6.45) is 3.43. The fraction of sp³-hybridized carbons (Fsp3) is 0.588. The van der Waals surface area contributed by atoms with Gasteiger partial charge in [0.15, 0.2) is 0 Å². The topological polar surface area (TPSA) is 58.2 Å². The zero-order valence-electron chi connectivity index (χ0n) is 13.8. The SMILES string of the molecule is Cc1ccc2c(c1)[C@H](NC(=O)NCC[C@H](C)[S@](C)=O)[C@H](C)C2. The molecular formula is C17H26N2O2S. The molecule has 4 atom stereocenters. The van der Waals surface area contributed by atoms with Gasteiger partial charge in [-0.15, -0.1) is 0 Å². The van der Waals surface area contributed by atoms with E-state index in [0.29, 0.717) is 12.5 Å². The number of rotatable bonds is 5. The molecule has 0 unspecified atom stereocenters. The molecule has 0 heterocycles. The third kappa shape index (κ3) is 4.09. The highest BCUT2D eigenvalue weighted by Crippen LogP contribution is 2.36. The molecule has 0 saturated heterocycles. The lowest BCUT2D eigenvalue weighted by Crippen LogP contribution is -2.40. The Balaban J connectivity index is 1.90. The molecule has 1 aliphatic rings. The summed E-state index contributed by atoms with van der Waals surface area (Å²) < 4.78 is 11.3. The molecule has 0 bridgehead atoms. The number of carbonyl (C=O) groups excluding carboxylic acids is 1. The first-order valence-corrected chi connectivity index (χ1v) is 9.46. The first kappa shape index (κ1) is 17.0. The molecule has 0 radical (unpaired) electrons. The van der Waals surface area contributed by atoms with Crippen molar-refractivity contribution in [1.29, 1.82) is 0 Å². The minimum absolute atomic E-state index is 0.0765. The predicted molar refractivity (Wildman–Crippen MR) is 91.5 cm³/mol. The molecule has 0 saturated carbocycles. The first-order chi connectivity index (χ1) is 10.4. The Bertz CT molecular complexity index is 574. The lowest BCUT2D eigenvalue weighted by Gasteiger charge is -2.20. The zero-order chi connectivity index (χ0) is 16.3. The minimum Gasteiger partial charge on any atom is -0.338 e. The number of hydrogen-bond acceptors (Lipinski definition) is 2. The van der Waals surface area contributed by atoms with Gasteiger partial charge in [-0.1, -0.05) is 37.6 Å². The Morgan fingerprint density at radius 3 is 2.86 bits per heavy atom. The Kier molecular flexibility index (Phi) is 5.62. The van der Waals surface area contributed by atoms with E-state index < -0.39 is 10.8 Å². The van der Waals surface area contributed by atoms with Gasteiger partial charge < -0.3 is 10.6 Å². The molecule has 2 amide bonds. The maximum absolute atomic E-state index is 12.1. The minimum atomic E-state index is -0.839. The molecular weight excluding hydrogens is 296 g/mol. The van der Waals surface area contributed by atoms with Gasteiger partial charge in [0.25, 0.3) is 0 Å². The lowest BCUT2D eigenvalue weighted by atomic mass is 10.0. The van der Waals surface area contributed by atoms with Gasteiger partial charge in [0.2, 0.25) is 0 Å². The van der Waals surface area contributed by atoms with Crippen LogP contribution in [0.2, 0.25) is 0 Å². The summed E-state index contributed by atoms with van der Waals surface area (Å²) in [7, 11) is -0.839. The smallest absolute Gasteiger partial charge is 0.315 e. The molecule has 0 aromatic heterocycles. The fourth-order valence-electron chi connectivity index (χ4n) is 2.93. The molecule has 5 heteroatoms. The predicted octanol–water partition coefficient (Wildman–Crippen LogP) is 2.68. The van der Waals surface area contributed by atoms with Crippen LogP contribution in [0, 0.1) is 12.8 Å². The highest BCUT2D eigenvalue weighted by Gasteiger charge is 2.30. The van der Waals surface area contributed by atoms with Crippen molar-refractivity contribution in [3.05, 3.63) is 34.9 Å². The van der Waals surface area contributed by atoms with E-state index in [1.165, 1.54) is 16.7 Å². The highest BCUT2D eigenvalue weighted by molar-refractivity contribution is 7.84.